The predicted molar refractivity (Wildman–Crippen MR) is 75.9 cm³/mol. The number of hydrogen-bond donors (Lipinski definition) is 2. The summed E-state index contributed by atoms with van der Waals surface area (Å²) in [7, 11) is 0. The average Bonchev–Trinajstić information content (AvgIpc) is 2.83. The molecule has 0 amide bonds. The van der Waals surface area contributed by atoms with Gasteiger partial charge in [0.2, 0.25) is 0 Å². The van der Waals surface area contributed by atoms with Crippen molar-refractivity contribution in [1.29, 1.82) is 0 Å². The molecule has 0 spiro atoms. The van der Waals surface area contributed by atoms with Gasteiger partial charge in [0.05, 0.1) is 12.6 Å². The monoisotopic (exact) mass is 329 g/mol. The van der Waals surface area contributed by atoms with E-state index in [2.05, 4.69) is 26.3 Å². The fourth-order valence-electron chi connectivity index (χ4n) is 1.55. The second-order valence-electron chi connectivity index (χ2n) is 3.89. The molecule has 0 fully saturated rings. The summed E-state index contributed by atoms with van der Waals surface area (Å²) >= 11 is 9.33. The summed E-state index contributed by atoms with van der Waals surface area (Å²) in [5, 5.41) is 17.7. The van der Waals surface area contributed by atoms with Crippen molar-refractivity contribution in [2.24, 2.45) is 0 Å². The van der Waals surface area contributed by atoms with Crippen molar-refractivity contribution < 1.29 is 5.11 Å². The second kappa shape index (κ2) is 6.22. The topological polar surface area (TPSA) is 50.1 Å². The Morgan fingerprint density at radius 1 is 1.50 bits per heavy atom. The maximum atomic E-state index is 9.87. The van der Waals surface area contributed by atoms with Crippen LogP contribution in [0.5, 0.6) is 0 Å². The molecule has 6 heteroatoms. The maximum Gasteiger partial charge on any atom is 0.0907 e. The van der Waals surface area contributed by atoms with E-state index < -0.39 is 6.10 Å². The van der Waals surface area contributed by atoms with E-state index in [9.17, 15) is 5.11 Å². The average molecular weight is 331 g/mol. The van der Waals surface area contributed by atoms with Gasteiger partial charge in [-0.3, -0.25) is 4.68 Å². The van der Waals surface area contributed by atoms with Crippen LogP contribution in [0.2, 0.25) is 5.02 Å². The van der Waals surface area contributed by atoms with E-state index in [1.165, 1.54) is 0 Å². The SMILES string of the molecule is OC(CNc1cc(Cl)ccc1Br)Cn1cccn1. The first kappa shape index (κ1) is 13.4. The Bertz CT molecular complexity index is 504. The predicted octanol–water partition coefficient (Wildman–Crippen LogP) is 2.77. The molecule has 0 aliphatic rings. The molecule has 0 bridgehead atoms. The molecule has 2 aromatic rings. The number of benzene rings is 1. The van der Waals surface area contributed by atoms with Crippen LogP contribution in [0.4, 0.5) is 5.69 Å². The van der Waals surface area contributed by atoms with Gasteiger partial charge in [-0.05, 0) is 40.2 Å². The molecule has 18 heavy (non-hydrogen) atoms. The fourth-order valence-corrected chi connectivity index (χ4v) is 2.11. The Kier molecular flexibility index (Phi) is 4.63. The highest BCUT2D eigenvalue weighted by Crippen LogP contribution is 2.25. The van der Waals surface area contributed by atoms with Gasteiger partial charge < -0.3 is 10.4 Å². The summed E-state index contributed by atoms with van der Waals surface area (Å²) < 4.78 is 2.61. The molecule has 1 aromatic heterocycles. The second-order valence-corrected chi connectivity index (χ2v) is 5.18. The van der Waals surface area contributed by atoms with E-state index >= 15 is 0 Å². The third kappa shape index (κ3) is 3.73. The van der Waals surface area contributed by atoms with Crippen LogP contribution in [0.3, 0.4) is 0 Å². The van der Waals surface area contributed by atoms with E-state index in [0.29, 0.717) is 18.1 Å². The molecule has 2 rings (SSSR count). The number of nitrogens with zero attached hydrogens (tertiary/aromatic N) is 2. The number of halogens is 2. The Morgan fingerprint density at radius 2 is 2.33 bits per heavy atom. The lowest BCUT2D eigenvalue weighted by Gasteiger charge is -2.14. The van der Waals surface area contributed by atoms with Crippen molar-refractivity contribution in [1.82, 2.24) is 9.78 Å². The molecule has 0 saturated heterocycles. The van der Waals surface area contributed by atoms with Gasteiger partial charge in [0.15, 0.2) is 0 Å². The largest absolute Gasteiger partial charge is 0.389 e. The molecular weight excluding hydrogens is 318 g/mol. The minimum absolute atomic E-state index is 0.429. The van der Waals surface area contributed by atoms with Crippen molar-refractivity contribution in [2.45, 2.75) is 12.6 Å². The van der Waals surface area contributed by atoms with Gasteiger partial charge >= 0.3 is 0 Å². The number of nitrogens with one attached hydrogen (secondary N) is 1. The Hall–Kier alpha value is -1.04. The third-order valence-electron chi connectivity index (χ3n) is 2.41. The highest BCUT2D eigenvalue weighted by atomic mass is 79.9. The van der Waals surface area contributed by atoms with Gasteiger partial charge in [-0.15, -0.1) is 0 Å². The lowest BCUT2D eigenvalue weighted by atomic mass is 10.3. The number of rotatable bonds is 5. The van der Waals surface area contributed by atoms with E-state index in [4.69, 9.17) is 11.6 Å². The Balaban J connectivity index is 1.89. The minimum Gasteiger partial charge on any atom is -0.389 e. The van der Waals surface area contributed by atoms with Crippen LogP contribution in [0.25, 0.3) is 0 Å². The molecular formula is C12H13BrClN3O. The van der Waals surface area contributed by atoms with E-state index in [-0.39, 0.29) is 0 Å². The van der Waals surface area contributed by atoms with Gasteiger partial charge in [-0.2, -0.15) is 5.10 Å². The number of anilines is 1. The van der Waals surface area contributed by atoms with Gasteiger partial charge in [0.1, 0.15) is 0 Å². The standard InChI is InChI=1S/C12H13BrClN3O/c13-11-3-2-9(14)6-12(11)15-7-10(18)8-17-5-1-4-16-17/h1-6,10,15,18H,7-8H2. The molecule has 0 saturated carbocycles. The Morgan fingerprint density at radius 3 is 3.06 bits per heavy atom. The van der Waals surface area contributed by atoms with Crippen molar-refractivity contribution in [2.75, 3.05) is 11.9 Å². The van der Waals surface area contributed by atoms with Crippen LogP contribution in [-0.2, 0) is 6.54 Å². The minimum atomic E-state index is -0.518. The summed E-state index contributed by atoms with van der Waals surface area (Å²) in [5.41, 5.74) is 0.863. The molecule has 0 aliphatic heterocycles. The van der Waals surface area contributed by atoms with Gasteiger partial charge in [-0.25, -0.2) is 0 Å². The smallest absolute Gasteiger partial charge is 0.0907 e. The zero-order valence-electron chi connectivity index (χ0n) is 9.55. The highest BCUT2D eigenvalue weighted by molar-refractivity contribution is 9.10. The van der Waals surface area contributed by atoms with Crippen molar-refractivity contribution in [3.8, 4) is 0 Å². The summed E-state index contributed by atoms with van der Waals surface area (Å²) in [6, 6.07) is 7.31. The van der Waals surface area contributed by atoms with Crippen LogP contribution in [-0.4, -0.2) is 27.5 Å². The molecule has 2 N–H and O–H groups in total. The van der Waals surface area contributed by atoms with Crippen molar-refractivity contribution in [3.05, 3.63) is 46.2 Å². The number of aliphatic hydroxyl groups excluding tert-OH is 1. The molecule has 1 atom stereocenters. The Labute approximate surface area is 119 Å². The number of aliphatic hydroxyl groups is 1. The normalized spacial score (nSPS) is 12.4. The highest BCUT2D eigenvalue weighted by Gasteiger charge is 2.07. The number of hydrogen-bond acceptors (Lipinski definition) is 3. The fraction of sp³-hybridized carbons (Fsp3) is 0.250. The van der Waals surface area contributed by atoms with Gasteiger partial charge in [0, 0.05) is 34.1 Å². The van der Waals surface area contributed by atoms with E-state index in [1.807, 2.05) is 24.4 Å². The van der Waals surface area contributed by atoms with Crippen molar-refractivity contribution in [3.63, 3.8) is 0 Å². The molecule has 0 aliphatic carbocycles. The maximum absolute atomic E-state index is 9.87. The number of aromatic nitrogens is 2. The van der Waals surface area contributed by atoms with Crippen LogP contribution in [0.15, 0.2) is 41.1 Å². The first-order chi connectivity index (χ1) is 8.65. The summed E-state index contributed by atoms with van der Waals surface area (Å²) in [6.07, 6.45) is 2.99. The van der Waals surface area contributed by atoms with Crippen LogP contribution >= 0.6 is 27.5 Å². The van der Waals surface area contributed by atoms with E-state index in [0.717, 1.165) is 10.2 Å². The molecule has 1 aromatic carbocycles. The summed E-state index contributed by atoms with van der Waals surface area (Å²) in [4.78, 5) is 0. The van der Waals surface area contributed by atoms with Gasteiger partial charge in [0.25, 0.3) is 0 Å². The van der Waals surface area contributed by atoms with Crippen LogP contribution < -0.4 is 5.32 Å². The van der Waals surface area contributed by atoms with Crippen molar-refractivity contribution >= 4 is 33.2 Å². The lowest BCUT2D eigenvalue weighted by Crippen LogP contribution is -2.25. The van der Waals surface area contributed by atoms with E-state index in [1.54, 1.807) is 16.9 Å². The van der Waals surface area contributed by atoms with Crippen LogP contribution in [0.1, 0.15) is 0 Å². The first-order valence-corrected chi connectivity index (χ1v) is 6.66. The molecule has 96 valence electrons. The zero-order chi connectivity index (χ0) is 13.0. The van der Waals surface area contributed by atoms with Gasteiger partial charge in [-0.1, -0.05) is 11.6 Å². The molecule has 4 nitrogen and oxygen atoms in total. The molecule has 1 heterocycles. The third-order valence-corrected chi connectivity index (χ3v) is 3.34. The van der Waals surface area contributed by atoms with Crippen LogP contribution in [0, 0.1) is 0 Å². The quantitative estimate of drug-likeness (QED) is 0.886. The summed E-state index contributed by atoms with van der Waals surface area (Å²) in [5.74, 6) is 0. The molecule has 0 radical (unpaired) electrons. The molecule has 1 unspecified atom stereocenters. The lowest BCUT2D eigenvalue weighted by molar-refractivity contribution is 0.161. The summed E-state index contributed by atoms with van der Waals surface area (Å²) in [6.45, 7) is 0.886. The zero-order valence-corrected chi connectivity index (χ0v) is 11.9. The first-order valence-electron chi connectivity index (χ1n) is 5.49.